The van der Waals surface area contributed by atoms with Gasteiger partial charge in [0.25, 0.3) is 0 Å². The van der Waals surface area contributed by atoms with Gasteiger partial charge in [-0.1, -0.05) is 19.8 Å². The minimum Gasteiger partial charge on any atom is -0.480 e. The first-order valence-electron chi connectivity index (χ1n) is 5.48. The number of carboxylic acids is 1. The molecule has 0 saturated carbocycles. The number of rotatable bonds is 8. The Balaban J connectivity index is 4.26. The highest BCUT2D eigenvalue weighted by atomic mass is 16.5. The quantitative estimate of drug-likeness (QED) is 0.671. The molecule has 90 valence electrons. The van der Waals surface area contributed by atoms with Gasteiger partial charge in [0.1, 0.15) is 6.04 Å². The van der Waals surface area contributed by atoms with Crippen LogP contribution in [0.4, 0.5) is 0 Å². The van der Waals surface area contributed by atoms with Crippen molar-refractivity contribution in [3.05, 3.63) is 0 Å². The number of likely N-dealkylation sites (N-methyl/N-ethyl adjacent to an activating group) is 1. The third-order valence-corrected chi connectivity index (χ3v) is 2.71. The third-order valence-electron chi connectivity index (χ3n) is 2.71. The van der Waals surface area contributed by atoms with Crippen molar-refractivity contribution in [2.45, 2.75) is 45.2 Å². The highest BCUT2D eigenvalue weighted by Crippen LogP contribution is 2.11. The molecule has 0 aromatic rings. The van der Waals surface area contributed by atoms with Gasteiger partial charge >= 0.3 is 5.97 Å². The monoisotopic (exact) mass is 217 g/mol. The normalized spacial score (nSPS) is 15.3. The molecule has 0 aromatic carbocycles. The van der Waals surface area contributed by atoms with Gasteiger partial charge in [-0.05, 0) is 20.4 Å². The molecule has 0 aliphatic carbocycles. The van der Waals surface area contributed by atoms with Gasteiger partial charge < -0.3 is 9.84 Å². The Hall–Kier alpha value is -0.610. The Labute approximate surface area is 92.2 Å². The van der Waals surface area contributed by atoms with Crippen LogP contribution in [0.1, 0.15) is 33.1 Å². The maximum Gasteiger partial charge on any atom is 0.320 e. The smallest absolute Gasteiger partial charge is 0.320 e. The number of ether oxygens (including phenoxy) is 1. The van der Waals surface area contributed by atoms with E-state index < -0.39 is 12.0 Å². The molecule has 4 heteroatoms. The number of aliphatic carboxylic acids is 1. The summed E-state index contributed by atoms with van der Waals surface area (Å²) in [5, 5.41) is 9.10. The zero-order valence-corrected chi connectivity index (χ0v) is 10.2. The van der Waals surface area contributed by atoms with E-state index in [-0.39, 0.29) is 6.04 Å². The largest absolute Gasteiger partial charge is 0.480 e. The number of methoxy groups -OCH3 is 1. The van der Waals surface area contributed by atoms with Crippen LogP contribution in [0, 0.1) is 0 Å². The van der Waals surface area contributed by atoms with Gasteiger partial charge in [-0.25, -0.2) is 0 Å². The zero-order chi connectivity index (χ0) is 11.8. The molecule has 0 heterocycles. The first-order valence-corrected chi connectivity index (χ1v) is 5.48. The van der Waals surface area contributed by atoms with E-state index in [0.29, 0.717) is 13.0 Å². The van der Waals surface area contributed by atoms with Crippen LogP contribution in [0.3, 0.4) is 0 Å². The average Bonchev–Trinajstić information content (AvgIpc) is 2.18. The summed E-state index contributed by atoms with van der Waals surface area (Å²) in [7, 11) is 3.48. The van der Waals surface area contributed by atoms with Crippen molar-refractivity contribution in [3.63, 3.8) is 0 Å². The van der Waals surface area contributed by atoms with Crippen molar-refractivity contribution in [1.82, 2.24) is 4.90 Å². The van der Waals surface area contributed by atoms with E-state index in [1.807, 2.05) is 18.9 Å². The molecule has 0 bridgehead atoms. The topological polar surface area (TPSA) is 49.8 Å². The van der Waals surface area contributed by atoms with Crippen LogP contribution in [-0.2, 0) is 9.53 Å². The highest BCUT2D eigenvalue weighted by Gasteiger charge is 2.25. The van der Waals surface area contributed by atoms with Gasteiger partial charge in [0.05, 0.1) is 6.61 Å². The second-order valence-electron chi connectivity index (χ2n) is 3.97. The second kappa shape index (κ2) is 7.65. The number of nitrogens with zero attached hydrogens (tertiary/aromatic N) is 1. The molecule has 0 saturated heterocycles. The molecule has 0 spiro atoms. The molecule has 2 atom stereocenters. The summed E-state index contributed by atoms with van der Waals surface area (Å²) in [6.07, 6.45) is 2.67. The molecule has 0 aliphatic heterocycles. The standard InChI is InChI=1S/C11H23NO3/c1-5-6-7-10(11(13)14)12(3)9(2)8-15-4/h9-10H,5-8H2,1-4H3,(H,13,14). The molecular formula is C11H23NO3. The first-order chi connectivity index (χ1) is 7.04. The third kappa shape index (κ3) is 5.14. The van der Waals surface area contributed by atoms with Crippen LogP contribution in [0.25, 0.3) is 0 Å². The Morgan fingerprint density at radius 1 is 1.53 bits per heavy atom. The second-order valence-corrected chi connectivity index (χ2v) is 3.97. The van der Waals surface area contributed by atoms with E-state index in [1.165, 1.54) is 0 Å². The summed E-state index contributed by atoms with van der Waals surface area (Å²) < 4.78 is 5.02. The number of hydrogen-bond donors (Lipinski definition) is 1. The molecule has 2 unspecified atom stereocenters. The zero-order valence-electron chi connectivity index (χ0n) is 10.2. The minimum atomic E-state index is -0.742. The summed E-state index contributed by atoms with van der Waals surface area (Å²) in [5.74, 6) is -0.742. The van der Waals surface area contributed by atoms with Crippen LogP contribution >= 0.6 is 0 Å². The van der Waals surface area contributed by atoms with E-state index in [9.17, 15) is 4.79 Å². The van der Waals surface area contributed by atoms with Crippen LogP contribution in [-0.4, -0.2) is 48.8 Å². The minimum absolute atomic E-state index is 0.132. The highest BCUT2D eigenvalue weighted by molar-refractivity contribution is 5.73. The van der Waals surface area contributed by atoms with E-state index in [4.69, 9.17) is 9.84 Å². The van der Waals surface area contributed by atoms with Gasteiger partial charge in [0.15, 0.2) is 0 Å². The number of unbranched alkanes of at least 4 members (excludes halogenated alkanes) is 1. The Bertz CT molecular complexity index is 185. The molecule has 4 nitrogen and oxygen atoms in total. The van der Waals surface area contributed by atoms with Crippen molar-refractivity contribution in [2.75, 3.05) is 20.8 Å². The number of carboxylic acid groups (broad SMARTS) is 1. The predicted molar refractivity (Wildman–Crippen MR) is 60.0 cm³/mol. The van der Waals surface area contributed by atoms with Gasteiger partial charge in [-0.15, -0.1) is 0 Å². The molecule has 0 aromatic heterocycles. The van der Waals surface area contributed by atoms with Crippen molar-refractivity contribution in [2.24, 2.45) is 0 Å². The molecular weight excluding hydrogens is 194 g/mol. The van der Waals surface area contributed by atoms with Crippen LogP contribution in [0.15, 0.2) is 0 Å². The summed E-state index contributed by atoms with van der Waals surface area (Å²) >= 11 is 0. The number of hydrogen-bond acceptors (Lipinski definition) is 3. The summed E-state index contributed by atoms with van der Waals surface area (Å²) in [4.78, 5) is 12.9. The average molecular weight is 217 g/mol. The summed E-state index contributed by atoms with van der Waals surface area (Å²) in [6, 6.07) is -0.261. The molecule has 15 heavy (non-hydrogen) atoms. The SMILES string of the molecule is CCCCC(C(=O)O)N(C)C(C)COC. The maximum atomic E-state index is 11.1. The summed E-state index contributed by atoms with van der Waals surface area (Å²) in [5.41, 5.74) is 0. The van der Waals surface area contributed by atoms with Crippen molar-refractivity contribution < 1.29 is 14.6 Å². The van der Waals surface area contributed by atoms with Crippen molar-refractivity contribution in [3.8, 4) is 0 Å². The Morgan fingerprint density at radius 3 is 2.53 bits per heavy atom. The van der Waals surface area contributed by atoms with E-state index >= 15 is 0 Å². The Kier molecular flexibility index (Phi) is 7.34. The van der Waals surface area contributed by atoms with Crippen molar-refractivity contribution >= 4 is 5.97 Å². The fourth-order valence-corrected chi connectivity index (χ4v) is 1.56. The lowest BCUT2D eigenvalue weighted by atomic mass is 10.1. The molecule has 0 amide bonds. The fourth-order valence-electron chi connectivity index (χ4n) is 1.56. The molecule has 0 rings (SSSR count). The molecule has 0 aliphatic rings. The van der Waals surface area contributed by atoms with E-state index in [1.54, 1.807) is 7.11 Å². The lowest BCUT2D eigenvalue weighted by molar-refractivity contribution is -0.144. The molecule has 0 fully saturated rings. The van der Waals surface area contributed by atoms with Crippen LogP contribution < -0.4 is 0 Å². The first kappa shape index (κ1) is 14.4. The Morgan fingerprint density at radius 2 is 2.13 bits per heavy atom. The van der Waals surface area contributed by atoms with E-state index in [2.05, 4.69) is 6.92 Å². The predicted octanol–water partition coefficient (Wildman–Crippen LogP) is 1.60. The number of carbonyl (C=O) groups is 1. The van der Waals surface area contributed by atoms with Crippen LogP contribution in [0.5, 0.6) is 0 Å². The summed E-state index contributed by atoms with van der Waals surface area (Å²) in [6.45, 7) is 4.61. The molecule has 1 N–H and O–H groups in total. The van der Waals surface area contributed by atoms with Crippen LogP contribution in [0.2, 0.25) is 0 Å². The lowest BCUT2D eigenvalue weighted by Crippen LogP contribution is -2.45. The van der Waals surface area contributed by atoms with Gasteiger partial charge in [0.2, 0.25) is 0 Å². The fraction of sp³-hybridized carbons (Fsp3) is 0.909. The van der Waals surface area contributed by atoms with E-state index in [0.717, 1.165) is 12.8 Å². The molecule has 0 radical (unpaired) electrons. The lowest BCUT2D eigenvalue weighted by Gasteiger charge is -2.30. The van der Waals surface area contributed by atoms with Gasteiger partial charge in [-0.3, -0.25) is 9.69 Å². The van der Waals surface area contributed by atoms with Gasteiger partial charge in [0, 0.05) is 13.2 Å². The van der Waals surface area contributed by atoms with Gasteiger partial charge in [-0.2, -0.15) is 0 Å². The maximum absolute atomic E-state index is 11.1. The van der Waals surface area contributed by atoms with Crippen molar-refractivity contribution in [1.29, 1.82) is 0 Å².